The van der Waals surface area contributed by atoms with Crippen molar-refractivity contribution >= 4 is 6.21 Å². The summed E-state index contributed by atoms with van der Waals surface area (Å²) in [5.41, 5.74) is 0.927. The van der Waals surface area contributed by atoms with Crippen LogP contribution in [0.2, 0.25) is 0 Å². The summed E-state index contributed by atoms with van der Waals surface area (Å²) in [6, 6.07) is 7.70. The van der Waals surface area contributed by atoms with E-state index in [2.05, 4.69) is 12.1 Å². The summed E-state index contributed by atoms with van der Waals surface area (Å²) >= 11 is 0. The summed E-state index contributed by atoms with van der Waals surface area (Å²) in [5, 5.41) is 3.88. The second kappa shape index (κ2) is 6.87. The molecule has 0 aliphatic rings. The predicted octanol–water partition coefficient (Wildman–Crippen LogP) is 2.85. The van der Waals surface area contributed by atoms with E-state index in [1.165, 1.54) is 0 Å². The van der Waals surface area contributed by atoms with E-state index in [1.54, 1.807) is 13.3 Å². The first kappa shape index (κ1) is 11.6. The Kier molecular flexibility index (Phi) is 5.30. The van der Waals surface area contributed by atoms with E-state index in [0.717, 1.165) is 24.2 Å². The maximum atomic E-state index is 5.18. The smallest absolute Gasteiger partial charge is 0.127 e. The molecular weight excluding hydrogens is 190 g/mol. The van der Waals surface area contributed by atoms with Crippen LogP contribution < -0.4 is 4.74 Å². The molecule has 0 spiro atoms. The Labute approximate surface area is 90.7 Å². The third-order valence-corrected chi connectivity index (χ3v) is 1.99. The Morgan fingerprint density at radius 1 is 1.33 bits per heavy atom. The van der Waals surface area contributed by atoms with Crippen LogP contribution in [-0.2, 0) is 4.84 Å². The summed E-state index contributed by atoms with van der Waals surface area (Å²) in [4.78, 5) is 5.09. The molecule has 0 heterocycles. The molecule has 3 nitrogen and oxygen atoms in total. The number of hydrogen-bond acceptors (Lipinski definition) is 3. The maximum Gasteiger partial charge on any atom is 0.127 e. The van der Waals surface area contributed by atoms with Crippen LogP contribution in [0.3, 0.4) is 0 Å². The van der Waals surface area contributed by atoms with Crippen LogP contribution in [0.15, 0.2) is 29.4 Å². The summed E-state index contributed by atoms with van der Waals surface area (Å²) < 4.78 is 5.18. The third-order valence-electron chi connectivity index (χ3n) is 1.99. The standard InChI is InChI=1S/C12H17NO2/c1-3-4-9-15-13-10-11-7-5-6-8-12(11)14-2/h5-8,10H,3-4,9H2,1-2H3. The quantitative estimate of drug-likeness (QED) is 0.408. The minimum Gasteiger partial charge on any atom is -0.496 e. The summed E-state index contributed by atoms with van der Waals surface area (Å²) in [7, 11) is 1.64. The molecule has 0 radical (unpaired) electrons. The van der Waals surface area contributed by atoms with Crippen molar-refractivity contribution in [3.63, 3.8) is 0 Å². The first-order chi connectivity index (χ1) is 7.38. The lowest BCUT2D eigenvalue weighted by atomic mass is 10.2. The van der Waals surface area contributed by atoms with Crippen molar-refractivity contribution in [1.82, 2.24) is 0 Å². The number of para-hydroxylation sites is 1. The minimum atomic E-state index is 0.669. The molecule has 0 aliphatic carbocycles. The van der Waals surface area contributed by atoms with Crippen molar-refractivity contribution < 1.29 is 9.57 Å². The molecule has 0 aliphatic heterocycles. The van der Waals surface area contributed by atoms with Gasteiger partial charge < -0.3 is 9.57 Å². The second-order valence-corrected chi connectivity index (χ2v) is 3.16. The Balaban J connectivity index is 2.48. The number of unbranched alkanes of at least 4 members (excludes halogenated alkanes) is 1. The molecule has 0 amide bonds. The number of hydrogen-bond donors (Lipinski definition) is 0. The lowest BCUT2D eigenvalue weighted by Gasteiger charge is -2.02. The van der Waals surface area contributed by atoms with E-state index < -0.39 is 0 Å². The summed E-state index contributed by atoms with van der Waals surface area (Å²) in [5.74, 6) is 0.806. The van der Waals surface area contributed by atoms with Crippen molar-refractivity contribution in [1.29, 1.82) is 0 Å². The number of methoxy groups -OCH3 is 1. The van der Waals surface area contributed by atoms with Gasteiger partial charge >= 0.3 is 0 Å². The average Bonchev–Trinajstić information content (AvgIpc) is 2.29. The van der Waals surface area contributed by atoms with Crippen LogP contribution >= 0.6 is 0 Å². The van der Waals surface area contributed by atoms with E-state index in [0.29, 0.717) is 6.61 Å². The van der Waals surface area contributed by atoms with E-state index in [4.69, 9.17) is 9.57 Å². The van der Waals surface area contributed by atoms with E-state index >= 15 is 0 Å². The number of benzene rings is 1. The van der Waals surface area contributed by atoms with Gasteiger partial charge in [0.2, 0.25) is 0 Å². The predicted molar refractivity (Wildman–Crippen MR) is 61.4 cm³/mol. The first-order valence-electron chi connectivity index (χ1n) is 5.16. The molecule has 1 aromatic rings. The van der Waals surface area contributed by atoms with Gasteiger partial charge in [0, 0.05) is 5.56 Å². The molecule has 0 saturated heterocycles. The molecule has 15 heavy (non-hydrogen) atoms. The zero-order valence-electron chi connectivity index (χ0n) is 9.27. The van der Waals surface area contributed by atoms with E-state index in [9.17, 15) is 0 Å². The largest absolute Gasteiger partial charge is 0.496 e. The fraction of sp³-hybridized carbons (Fsp3) is 0.417. The Hall–Kier alpha value is -1.51. The van der Waals surface area contributed by atoms with Crippen molar-refractivity contribution in [2.75, 3.05) is 13.7 Å². The van der Waals surface area contributed by atoms with Crippen LogP contribution in [-0.4, -0.2) is 19.9 Å². The lowest BCUT2D eigenvalue weighted by molar-refractivity contribution is 0.142. The molecule has 0 unspecified atom stereocenters. The van der Waals surface area contributed by atoms with E-state index in [1.807, 2.05) is 24.3 Å². The van der Waals surface area contributed by atoms with Gasteiger partial charge in [-0.2, -0.15) is 0 Å². The topological polar surface area (TPSA) is 30.8 Å². The highest BCUT2D eigenvalue weighted by atomic mass is 16.6. The van der Waals surface area contributed by atoms with Crippen molar-refractivity contribution in [3.05, 3.63) is 29.8 Å². The van der Waals surface area contributed by atoms with Gasteiger partial charge in [0.1, 0.15) is 12.4 Å². The SMILES string of the molecule is CCCCON=Cc1ccccc1OC. The third kappa shape index (κ3) is 4.02. The van der Waals surface area contributed by atoms with Crippen molar-refractivity contribution in [3.8, 4) is 5.75 Å². The van der Waals surface area contributed by atoms with Crippen LogP contribution in [0.5, 0.6) is 5.75 Å². The Morgan fingerprint density at radius 3 is 2.87 bits per heavy atom. The summed E-state index contributed by atoms with van der Waals surface area (Å²) in [6.07, 6.45) is 3.82. The van der Waals surface area contributed by atoms with E-state index in [-0.39, 0.29) is 0 Å². The maximum absolute atomic E-state index is 5.18. The molecule has 1 rings (SSSR count). The van der Waals surface area contributed by atoms with Crippen molar-refractivity contribution in [2.24, 2.45) is 5.16 Å². The molecule has 0 aromatic heterocycles. The first-order valence-corrected chi connectivity index (χ1v) is 5.16. The van der Waals surface area contributed by atoms with Crippen molar-refractivity contribution in [2.45, 2.75) is 19.8 Å². The molecule has 0 fully saturated rings. The van der Waals surface area contributed by atoms with Gasteiger partial charge in [-0.1, -0.05) is 30.6 Å². The molecule has 82 valence electrons. The molecular formula is C12H17NO2. The number of rotatable bonds is 6. The monoisotopic (exact) mass is 207 g/mol. The van der Waals surface area contributed by atoms with Gasteiger partial charge in [-0.05, 0) is 18.6 Å². The molecule has 3 heteroatoms. The summed E-state index contributed by atoms with van der Waals surface area (Å²) in [6.45, 7) is 2.79. The highest BCUT2D eigenvalue weighted by molar-refractivity contribution is 5.82. The van der Waals surface area contributed by atoms with Gasteiger partial charge in [-0.15, -0.1) is 0 Å². The van der Waals surface area contributed by atoms with Gasteiger partial charge in [0.05, 0.1) is 13.3 Å². The van der Waals surface area contributed by atoms with Crippen LogP contribution in [0.4, 0.5) is 0 Å². The zero-order valence-corrected chi connectivity index (χ0v) is 9.27. The molecule has 0 bridgehead atoms. The molecule has 0 atom stereocenters. The lowest BCUT2D eigenvalue weighted by Crippen LogP contribution is -1.92. The van der Waals surface area contributed by atoms with Crippen LogP contribution in [0.1, 0.15) is 25.3 Å². The molecule has 1 aromatic carbocycles. The average molecular weight is 207 g/mol. The highest BCUT2D eigenvalue weighted by Gasteiger charge is 1.96. The Morgan fingerprint density at radius 2 is 2.13 bits per heavy atom. The minimum absolute atomic E-state index is 0.669. The fourth-order valence-corrected chi connectivity index (χ4v) is 1.13. The van der Waals surface area contributed by atoms with Crippen LogP contribution in [0.25, 0.3) is 0 Å². The second-order valence-electron chi connectivity index (χ2n) is 3.16. The molecule has 0 N–H and O–H groups in total. The fourth-order valence-electron chi connectivity index (χ4n) is 1.13. The van der Waals surface area contributed by atoms with Gasteiger partial charge in [-0.25, -0.2) is 0 Å². The number of oxime groups is 1. The zero-order chi connectivity index (χ0) is 10.9. The van der Waals surface area contributed by atoms with Gasteiger partial charge in [-0.3, -0.25) is 0 Å². The number of ether oxygens (including phenoxy) is 1. The van der Waals surface area contributed by atoms with Crippen LogP contribution in [0, 0.1) is 0 Å². The Bertz CT molecular complexity index is 310. The van der Waals surface area contributed by atoms with Gasteiger partial charge in [0.25, 0.3) is 0 Å². The normalized spacial score (nSPS) is 10.5. The van der Waals surface area contributed by atoms with Gasteiger partial charge in [0.15, 0.2) is 0 Å². The molecule has 0 saturated carbocycles. The number of nitrogens with zero attached hydrogens (tertiary/aromatic N) is 1. The highest BCUT2D eigenvalue weighted by Crippen LogP contribution is 2.14.